The Labute approximate surface area is 157 Å². The predicted molar refractivity (Wildman–Crippen MR) is 106 cm³/mol. The van der Waals surface area contributed by atoms with E-state index in [0.717, 1.165) is 34.6 Å². The number of benzene rings is 1. The molecular formula is C21H23N5O. The normalized spacial score (nSPS) is 12.6. The molecule has 4 aromatic rings. The minimum absolute atomic E-state index is 0.0740. The van der Waals surface area contributed by atoms with Crippen molar-refractivity contribution >= 4 is 5.65 Å². The molecule has 0 spiro atoms. The Bertz CT molecular complexity index is 1140. The summed E-state index contributed by atoms with van der Waals surface area (Å²) in [5.74, 6) is 0.0740. The molecule has 3 aromatic heterocycles. The van der Waals surface area contributed by atoms with Gasteiger partial charge in [-0.1, -0.05) is 44.2 Å². The van der Waals surface area contributed by atoms with Gasteiger partial charge < -0.3 is 0 Å². The van der Waals surface area contributed by atoms with Crippen LogP contribution in [0.2, 0.25) is 0 Å². The van der Waals surface area contributed by atoms with Gasteiger partial charge in [0.05, 0.1) is 5.69 Å². The van der Waals surface area contributed by atoms with Crippen molar-refractivity contribution < 1.29 is 0 Å². The van der Waals surface area contributed by atoms with Gasteiger partial charge in [-0.2, -0.15) is 5.10 Å². The van der Waals surface area contributed by atoms with Crippen LogP contribution in [0.4, 0.5) is 0 Å². The lowest BCUT2D eigenvalue weighted by Crippen LogP contribution is -2.18. The van der Waals surface area contributed by atoms with Crippen molar-refractivity contribution in [1.29, 1.82) is 0 Å². The summed E-state index contributed by atoms with van der Waals surface area (Å²) in [5, 5.41) is 7.57. The SMILES string of the molecule is CCc1[nH]n2c(=O)cc(C(C)Cn3nccc3C)nc2c1-c1ccccc1. The predicted octanol–water partition coefficient (Wildman–Crippen LogP) is 3.56. The molecule has 1 unspecified atom stereocenters. The van der Waals surface area contributed by atoms with Crippen molar-refractivity contribution in [3.63, 3.8) is 0 Å². The van der Waals surface area contributed by atoms with E-state index in [1.54, 1.807) is 16.8 Å². The molecule has 6 heteroatoms. The fraction of sp³-hybridized carbons (Fsp3) is 0.286. The molecule has 1 N–H and O–H groups in total. The maximum absolute atomic E-state index is 12.8. The highest BCUT2D eigenvalue weighted by Gasteiger charge is 2.18. The highest BCUT2D eigenvalue weighted by atomic mass is 16.1. The Morgan fingerprint density at radius 1 is 1.19 bits per heavy atom. The molecule has 0 amide bonds. The van der Waals surface area contributed by atoms with Crippen LogP contribution in [0, 0.1) is 6.92 Å². The molecule has 3 heterocycles. The van der Waals surface area contributed by atoms with Gasteiger partial charge in [-0.3, -0.25) is 14.6 Å². The van der Waals surface area contributed by atoms with Crippen LogP contribution in [0.25, 0.3) is 16.8 Å². The lowest BCUT2D eigenvalue weighted by atomic mass is 10.0. The zero-order valence-electron chi connectivity index (χ0n) is 15.8. The minimum atomic E-state index is -0.0871. The number of rotatable bonds is 5. The molecule has 1 aromatic carbocycles. The van der Waals surface area contributed by atoms with Gasteiger partial charge in [-0.05, 0) is 25.0 Å². The topological polar surface area (TPSA) is 68.0 Å². The Morgan fingerprint density at radius 2 is 1.96 bits per heavy atom. The molecule has 4 rings (SSSR count). The lowest BCUT2D eigenvalue weighted by molar-refractivity contribution is 0.523. The standard InChI is InChI=1S/C21H23N5O/c1-4-17-20(16-8-6-5-7-9-16)21-23-18(12-19(27)26(21)24-17)14(2)13-25-15(3)10-11-22-25/h5-12,14,24H,4,13H2,1-3H3. The number of aryl methyl sites for hydroxylation is 2. The Hall–Kier alpha value is -3.15. The van der Waals surface area contributed by atoms with Crippen LogP contribution in [-0.4, -0.2) is 24.4 Å². The van der Waals surface area contributed by atoms with Gasteiger partial charge >= 0.3 is 0 Å². The van der Waals surface area contributed by atoms with Crippen molar-refractivity contribution in [2.24, 2.45) is 0 Å². The van der Waals surface area contributed by atoms with Gasteiger partial charge in [-0.25, -0.2) is 9.50 Å². The van der Waals surface area contributed by atoms with Gasteiger partial charge in [0, 0.05) is 41.7 Å². The summed E-state index contributed by atoms with van der Waals surface area (Å²) in [4.78, 5) is 17.6. The number of aromatic nitrogens is 5. The van der Waals surface area contributed by atoms with Crippen molar-refractivity contribution in [2.45, 2.75) is 39.7 Å². The van der Waals surface area contributed by atoms with Gasteiger partial charge in [0.2, 0.25) is 0 Å². The maximum atomic E-state index is 12.8. The molecule has 0 aliphatic carbocycles. The third-order valence-electron chi connectivity index (χ3n) is 5.01. The van der Waals surface area contributed by atoms with Gasteiger partial charge in [0.1, 0.15) is 0 Å². The largest absolute Gasteiger partial charge is 0.293 e. The third kappa shape index (κ3) is 3.07. The molecule has 0 fully saturated rings. The van der Waals surface area contributed by atoms with Crippen LogP contribution >= 0.6 is 0 Å². The number of fused-ring (bicyclic) bond motifs is 1. The van der Waals surface area contributed by atoms with E-state index in [0.29, 0.717) is 12.2 Å². The van der Waals surface area contributed by atoms with E-state index >= 15 is 0 Å². The number of nitrogens with zero attached hydrogens (tertiary/aromatic N) is 4. The van der Waals surface area contributed by atoms with Crippen LogP contribution in [0.3, 0.4) is 0 Å². The van der Waals surface area contributed by atoms with E-state index < -0.39 is 0 Å². The summed E-state index contributed by atoms with van der Waals surface area (Å²) in [5.41, 5.74) is 5.56. The van der Waals surface area contributed by atoms with Crippen molar-refractivity contribution in [3.8, 4) is 11.1 Å². The van der Waals surface area contributed by atoms with E-state index in [4.69, 9.17) is 4.98 Å². The van der Waals surface area contributed by atoms with E-state index in [1.807, 2.05) is 35.9 Å². The number of hydrogen-bond acceptors (Lipinski definition) is 3. The molecule has 0 saturated heterocycles. The Morgan fingerprint density at radius 3 is 2.63 bits per heavy atom. The summed E-state index contributed by atoms with van der Waals surface area (Å²) < 4.78 is 3.50. The van der Waals surface area contributed by atoms with E-state index in [1.165, 1.54) is 0 Å². The number of aromatic amines is 1. The summed E-state index contributed by atoms with van der Waals surface area (Å²) in [6, 6.07) is 13.7. The van der Waals surface area contributed by atoms with Crippen molar-refractivity contribution in [2.75, 3.05) is 0 Å². The summed E-state index contributed by atoms with van der Waals surface area (Å²) in [6.07, 6.45) is 2.59. The molecule has 1 atom stereocenters. The van der Waals surface area contributed by atoms with Gasteiger partial charge in [0.15, 0.2) is 5.65 Å². The molecule has 0 radical (unpaired) electrons. The van der Waals surface area contributed by atoms with Crippen LogP contribution < -0.4 is 5.56 Å². The fourth-order valence-corrected chi connectivity index (χ4v) is 3.46. The first-order valence-electron chi connectivity index (χ1n) is 9.27. The van der Waals surface area contributed by atoms with Crippen LogP contribution in [0.15, 0.2) is 53.5 Å². The zero-order valence-corrected chi connectivity index (χ0v) is 15.8. The summed E-state index contributed by atoms with van der Waals surface area (Å²) in [6.45, 7) is 6.87. The number of hydrogen-bond donors (Lipinski definition) is 1. The lowest BCUT2D eigenvalue weighted by Gasteiger charge is -2.13. The van der Waals surface area contributed by atoms with Gasteiger partial charge in [0.25, 0.3) is 5.56 Å². The van der Waals surface area contributed by atoms with Crippen LogP contribution in [-0.2, 0) is 13.0 Å². The zero-order chi connectivity index (χ0) is 19.0. The Balaban J connectivity index is 1.85. The molecule has 138 valence electrons. The molecule has 0 bridgehead atoms. The second kappa shape index (κ2) is 6.87. The average Bonchev–Trinajstić information content (AvgIpc) is 3.26. The maximum Gasteiger partial charge on any atom is 0.272 e. The molecule has 0 aliphatic heterocycles. The number of H-pyrrole nitrogens is 1. The molecule has 6 nitrogen and oxygen atoms in total. The fourth-order valence-electron chi connectivity index (χ4n) is 3.46. The van der Waals surface area contributed by atoms with Crippen molar-refractivity contribution in [1.82, 2.24) is 24.4 Å². The van der Waals surface area contributed by atoms with Crippen molar-refractivity contribution in [3.05, 3.63) is 76.1 Å². The highest BCUT2D eigenvalue weighted by molar-refractivity contribution is 5.80. The quantitative estimate of drug-likeness (QED) is 0.591. The molecule has 0 aliphatic rings. The van der Waals surface area contributed by atoms with Crippen LogP contribution in [0.1, 0.15) is 36.8 Å². The average molecular weight is 361 g/mol. The van der Waals surface area contributed by atoms with E-state index in [9.17, 15) is 4.79 Å². The number of nitrogens with one attached hydrogen (secondary N) is 1. The van der Waals surface area contributed by atoms with Crippen LogP contribution in [0.5, 0.6) is 0 Å². The first kappa shape index (κ1) is 17.3. The first-order chi connectivity index (χ1) is 13.1. The molecule has 0 saturated carbocycles. The smallest absolute Gasteiger partial charge is 0.272 e. The van der Waals surface area contributed by atoms with Gasteiger partial charge in [-0.15, -0.1) is 0 Å². The molecule has 27 heavy (non-hydrogen) atoms. The Kier molecular flexibility index (Phi) is 4.39. The molecular weight excluding hydrogens is 338 g/mol. The minimum Gasteiger partial charge on any atom is -0.293 e. The monoisotopic (exact) mass is 361 g/mol. The first-order valence-corrected chi connectivity index (χ1v) is 9.27. The van der Waals surface area contributed by atoms with E-state index in [-0.39, 0.29) is 11.5 Å². The second-order valence-corrected chi connectivity index (χ2v) is 6.92. The second-order valence-electron chi connectivity index (χ2n) is 6.92. The summed E-state index contributed by atoms with van der Waals surface area (Å²) in [7, 11) is 0. The third-order valence-corrected chi connectivity index (χ3v) is 5.01. The highest BCUT2D eigenvalue weighted by Crippen LogP contribution is 2.28. The summed E-state index contributed by atoms with van der Waals surface area (Å²) >= 11 is 0. The van der Waals surface area contributed by atoms with E-state index in [2.05, 4.69) is 36.2 Å².